The zero-order valence-electron chi connectivity index (χ0n) is 43.8. The van der Waals surface area contributed by atoms with Gasteiger partial charge in [-0.25, -0.2) is 9.59 Å². The van der Waals surface area contributed by atoms with E-state index in [0.29, 0.717) is 6.61 Å². The molecule has 7 heteroatoms. The molecule has 0 fully saturated rings. The smallest absolute Gasteiger partial charge is 0.331 e. The number of carbonyl (C=O) groups excluding carboxylic acids is 2. The minimum atomic E-state index is -0.302. The van der Waals surface area contributed by atoms with Crippen LogP contribution >= 0.6 is 0 Å². The summed E-state index contributed by atoms with van der Waals surface area (Å²) in [6, 6.07) is 55.1. The fourth-order valence-electron chi connectivity index (χ4n) is 4.36. The monoisotopic (exact) mass is 980 g/mol. The van der Waals surface area contributed by atoms with Crippen molar-refractivity contribution in [3.05, 3.63) is 247 Å². The van der Waals surface area contributed by atoms with Crippen LogP contribution in [0.25, 0.3) is 6.08 Å². The first-order chi connectivity index (χ1) is 30.1. The number of hydrogen-bond acceptors (Lipinski definition) is 4. The third-order valence-electron chi connectivity index (χ3n) is 8.52. The summed E-state index contributed by atoms with van der Waals surface area (Å²) in [6.45, 7) is 28.6. The molecule has 0 saturated carbocycles. The van der Waals surface area contributed by atoms with E-state index in [1.165, 1.54) is 56.7 Å². The number of allylic oxidation sites excluding steroid dienone is 1. The van der Waals surface area contributed by atoms with E-state index in [4.69, 9.17) is 4.74 Å². The minimum Gasteiger partial charge on any atom is -0.463 e. The van der Waals surface area contributed by atoms with Crippen molar-refractivity contribution in [3.8, 4) is 0 Å². The average molecular weight is 980 g/mol. The summed E-state index contributed by atoms with van der Waals surface area (Å²) in [5, 5.41) is 0. The second-order valence-electron chi connectivity index (χ2n) is 14.6. The Bertz CT molecular complexity index is 1800. The minimum absolute atomic E-state index is 0. The molecule has 0 bridgehead atoms. The van der Waals surface area contributed by atoms with Gasteiger partial charge >= 0.3 is 11.9 Å². The second-order valence-corrected chi connectivity index (χ2v) is 14.6. The predicted molar refractivity (Wildman–Crippen MR) is 289 cm³/mol. The molecule has 4 nitrogen and oxygen atoms in total. The van der Waals surface area contributed by atoms with Gasteiger partial charge in [0, 0.05) is 49.3 Å². The normalized spacial score (nSPS) is 8.76. The van der Waals surface area contributed by atoms with Gasteiger partial charge in [0.1, 0.15) is 7.28 Å². The zero-order chi connectivity index (χ0) is 47.7. The Labute approximate surface area is 435 Å². The predicted octanol–water partition coefficient (Wildman–Crippen LogP) is 16.4. The molecule has 3 radical (unpaired) electrons. The van der Waals surface area contributed by atoms with Crippen molar-refractivity contribution in [2.75, 3.05) is 6.61 Å². The van der Waals surface area contributed by atoms with Gasteiger partial charge in [0.15, 0.2) is 0 Å². The number of rotatable bonds is 5. The number of aryl methyl sites for hydroxylation is 8. The van der Waals surface area contributed by atoms with Crippen molar-refractivity contribution >= 4 is 25.3 Å². The van der Waals surface area contributed by atoms with Gasteiger partial charge in [-0.2, -0.15) is 0 Å². The molecule has 6 rings (SSSR count). The summed E-state index contributed by atoms with van der Waals surface area (Å²) in [5.74, 6) is -0.571. The van der Waals surface area contributed by atoms with Crippen LogP contribution < -0.4 is 0 Å². The van der Waals surface area contributed by atoms with Crippen LogP contribution in [0.1, 0.15) is 77.8 Å². The Morgan fingerprint density at radius 2 is 0.701 bits per heavy atom. The van der Waals surface area contributed by atoms with E-state index < -0.39 is 0 Å². The third-order valence-corrected chi connectivity index (χ3v) is 8.52. The maximum atomic E-state index is 11.1. The number of hydrogen-bond donors (Lipinski definition) is 0. The van der Waals surface area contributed by atoms with E-state index >= 15 is 0 Å². The molecule has 0 amide bonds. The van der Waals surface area contributed by atoms with Crippen LogP contribution in [0.15, 0.2) is 182 Å². The number of carbonyl (C=O) groups is 2. The summed E-state index contributed by atoms with van der Waals surface area (Å²) in [5.41, 5.74) is 11.9. The Morgan fingerprint density at radius 1 is 0.463 bits per heavy atom. The molecule has 0 aromatic heterocycles. The second kappa shape index (κ2) is 50.4. The molecule has 0 aliphatic rings. The van der Waals surface area contributed by atoms with Crippen molar-refractivity contribution in [2.24, 2.45) is 0 Å². The van der Waals surface area contributed by atoms with Gasteiger partial charge in [-0.05, 0) is 139 Å². The summed E-state index contributed by atoms with van der Waals surface area (Å²) in [4.78, 5) is 21.5. The Hall–Kier alpha value is -5.03. The van der Waals surface area contributed by atoms with Gasteiger partial charge in [0.2, 0.25) is 0 Å². The van der Waals surface area contributed by atoms with Crippen molar-refractivity contribution in [3.63, 3.8) is 0 Å². The standard InChI is InChI=1S/C12H14O2.4C8H10.C6H10O2.C6H6.C2H6B.2CH3.2V/c1-10(2)14-12(13)9-8-11-6-4-3-5-7-11;4*1-7-5-3-4-6-8(7)2;1-3-5-6(7)8-4-2;1-2-4-6-5-3-1;1-3-2;;;;/h3-10H,1-2H3;4*3-6H,1-2H3;3,5H,4H2,1-2H3;1-6H;1-2H3;2*1H3;;/q;;;;;;;;2*-1;;/b9-8+;;;;;;;;;;;. The van der Waals surface area contributed by atoms with Gasteiger partial charge in [0.05, 0.1) is 12.7 Å². The van der Waals surface area contributed by atoms with Gasteiger partial charge in [-0.1, -0.05) is 184 Å². The summed E-state index contributed by atoms with van der Waals surface area (Å²) in [7, 11) is 2.00. The van der Waals surface area contributed by atoms with Crippen LogP contribution in [0.4, 0.5) is 0 Å². The van der Waals surface area contributed by atoms with E-state index in [-0.39, 0.29) is 70.0 Å². The molecule has 0 unspecified atom stereocenters. The largest absolute Gasteiger partial charge is 0.463 e. The molecule has 0 heterocycles. The Balaban J connectivity index is -0.000000161. The van der Waals surface area contributed by atoms with Gasteiger partial charge in [-0.3, -0.25) is 0 Å². The molecule has 0 saturated heterocycles. The van der Waals surface area contributed by atoms with Gasteiger partial charge < -0.3 is 24.3 Å². The molecule has 0 aliphatic heterocycles. The van der Waals surface area contributed by atoms with E-state index in [2.05, 4.69) is 157 Å². The first-order valence-corrected chi connectivity index (χ1v) is 21.7. The van der Waals surface area contributed by atoms with Gasteiger partial charge in [-0.15, -0.1) is 0 Å². The van der Waals surface area contributed by atoms with Crippen LogP contribution in [0.2, 0.25) is 13.6 Å². The molecule has 0 atom stereocenters. The van der Waals surface area contributed by atoms with E-state index in [1.807, 2.05) is 102 Å². The van der Waals surface area contributed by atoms with Crippen LogP contribution in [0, 0.1) is 70.2 Å². The van der Waals surface area contributed by atoms with Crippen molar-refractivity contribution < 1.29 is 56.2 Å². The Kier molecular flexibility index (Phi) is 55.3. The fourth-order valence-corrected chi connectivity index (χ4v) is 4.36. The fraction of sp³-hybridized carbons (Fsp3) is 0.267. The molecular formula is C60H82BO4V2-2. The SMILES string of the molecule is CC(C)OC(=O)/C=C/c1ccccc1.CC=CC(=O)OCC.C[B]C.Cc1ccccc1C.Cc1ccccc1C.Cc1ccccc1C.Cc1ccccc1C.[CH3-].[CH3-].[V].[V].c1ccccc1. The van der Waals surface area contributed by atoms with Crippen LogP contribution in [0.5, 0.6) is 0 Å². The first-order valence-electron chi connectivity index (χ1n) is 21.7. The van der Waals surface area contributed by atoms with Crippen LogP contribution in [0.3, 0.4) is 0 Å². The third kappa shape index (κ3) is 45.9. The van der Waals surface area contributed by atoms with Crippen LogP contribution in [-0.4, -0.2) is 31.9 Å². The molecule has 67 heavy (non-hydrogen) atoms. The molecule has 361 valence electrons. The molecule has 6 aromatic rings. The summed E-state index contributed by atoms with van der Waals surface area (Å²) in [6.07, 6.45) is 6.16. The molecular weight excluding hydrogens is 897 g/mol. The molecule has 0 aliphatic carbocycles. The van der Waals surface area contributed by atoms with E-state index in [0.717, 1.165) is 5.56 Å². The number of esters is 2. The Morgan fingerprint density at radius 3 is 0.910 bits per heavy atom. The quantitative estimate of drug-likeness (QED) is 0.0747. The van der Waals surface area contributed by atoms with E-state index in [9.17, 15) is 9.59 Å². The molecule has 0 N–H and O–H groups in total. The molecule has 6 aromatic carbocycles. The van der Waals surface area contributed by atoms with Crippen molar-refractivity contribution in [2.45, 2.75) is 103 Å². The summed E-state index contributed by atoms with van der Waals surface area (Å²) < 4.78 is 9.50. The van der Waals surface area contributed by atoms with Crippen molar-refractivity contribution in [1.82, 2.24) is 0 Å². The topological polar surface area (TPSA) is 52.6 Å². The van der Waals surface area contributed by atoms with Crippen molar-refractivity contribution in [1.29, 1.82) is 0 Å². The molecule has 0 spiro atoms. The zero-order valence-corrected chi connectivity index (χ0v) is 46.6. The van der Waals surface area contributed by atoms with Gasteiger partial charge in [0.25, 0.3) is 0 Å². The van der Waals surface area contributed by atoms with Crippen LogP contribution in [-0.2, 0) is 56.2 Å². The maximum absolute atomic E-state index is 11.1. The first kappa shape index (κ1) is 73.5. The average Bonchev–Trinajstić information content (AvgIpc) is 3.27. The maximum Gasteiger partial charge on any atom is 0.331 e. The summed E-state index contributed by atoms with van der Waals surface area (Å²) >= 11 is 0. The van der Waals surface area contributed by atoms with E-state index in [1.54, 1.807) is 26.0 Å². The number of benzene rings is 6. The number of ether oxygens (including phenoxy) is 2.